The predicted octanol–water partition coefficient (Wildman–Crippen LogP) is 3.00. The Morgan fingerprint density at radius 1 is 0.926 bits per heavy atom. The van der Waals surface area contributed by atoms with Gasteiger partial charge < -0.3 is 15.4 Å². The highest BCUT2D eigenvalue weighted by Crippen LogP contribution is 2.19. The third-order valence-electron chi connectivity index (χ3n) is 4.71. The fourth-order valence-electron chi connectivity index (χ4n) is 2.75. The Labute approximate surface area is 161 Å². The maximum atomic E-state index is 12.5. The van der Waals surface area contributed by atoms with Crippen molar-refractivity contribution in [2.24, 2.45) is 5.41 Å². The van der Waals surface area contributed by atoms with Crippen LogP contribution >= 0.6 is 0 Å². The zero-order valence-corrected chi connectivity index (χ0v) is 16.5. The number of hydrogen-bond donors (Lipinski definition) is 2. The Kier molecular flexibility index (Phi) is 6.99. The molecule has 0 aliphatic heterocycles. The van der Waals surface area contributed by atoms with Gasteiger partial charge in [0.05, 0.1) is 7.11 Å². The standard InChI is InChI=1S/C22H28N2O3/c1-16-9-5-6-11-18(16)15-24-21(26)22(2,3)20(25)23-14-13-17-10-7-8-12-19(17)27-4/h5-12H,13-15H2,1-4H3,(H,23,25)(H,24,26). The van der Waals surface area contributed by atoms with E-state index in [0.717, 1.165) is 22.4 Å². The first-order chi connectivity index (χ1) is 12.9. The van der Waals surface area contributed by atoms with Crippen LogP contribution in [0.15, 0.2) is 48.5 Å². The van der Waals surface area contributed by atoms with Crippen LogP contribution in [-0.2, 0) is 22.6 Å². The van der Waals surface area contributed by atoms with E-state index in [2.05, 4.69) is 10.6 Å². The second-order valence-corrected chi connectivity index (χ2v) is 7.05. The number of nitrogens with one attached hydrogen (secondary N) is 2. The van der Waals surface area contributed by atoms with E-state index < -0.39 is 5.41 Å². The van der Waals surface area contributed by atoms with Crippen molar-refractivity contribution in [3.63, 3.8) is 0 Å². The van der Waals surface area contributed by atoms with E-state index in [1.54, 1.807) is 21.0 Å². The predicted molar refractivity (Wildman–Crippen MR) is 107 cm³/mol. The molecule has 2 rings (SSSR count). The zero-order valence-electron chi connectivity index (χ0n) is 16.5. The lowest BCUT2D eigenvalue weighted by molar-refractivity contribution is -0.141. The lowest BCUT2D eigenvalue weighted by Crippen LogP contribution is -2.48. The summed E-state index contributed by atoms with van der Waals surface area (Å²) in [4.78, 5) is 25.1. The molecule has 0 saturated carbocycles. The number of carbonyl (C=O) groups excluding carboxylic acids is 2. The van der Waals surface area contributed by atoms with E-state index in [0.29, 0.717) is 19.5 Å². The van der Waals surface area contributed by atoms with Crippen molar-refractivity contribution in [2.75, 3.05) is 13.7 Å². The van der Waals surface area contributed by atoms with Gasteiger partial charge in [-0.05, 0) is 49.9 Å². The van der Waals surface area contributed by atoms with Crippen LogP contribution in [0.2, 0.25) is 0 Å². The fraction of sp³-hybridized carbons (Fsp3) is 0.364. The maximum absolute atomic E-state index is 12.5. The zero-order chi connectivity index (χ0) is 19.9. The van der Waals surface area contributed by atoms with Crippen LogP contribution in [0.25, 0.3) is 0 Å². The summed E-state index contributed by atoms with van der Waals surface area (Å²) in [5.74, 6) is 0.210. The number of amides is 2. The third kappa shape index (κ3) is 5.33. The smallest absolute Gasteiger partial charge is 0.235 e. The average molecular weight is 368 g/mol. The molecule has 0 fully saturated rings. The van der Waals surface area contributed by atoms with Crippen LogP contribution in [0, 0.1) is 12.3 Å². The lowest BCUT2D eigenvalue weighted by atomic mass is 9.90. The molecule has 0 unspecified atom stereocenters. The Morgan fingerprint density at radius 3 is 2.19 bits per heavy atom. The van der Waals surface area contributed by atoms with Crippen LogP contribution in [-0.4, -0.2) is 25.5 Å². The minimum Gasteiger partial charge on any atom is -0.496 e. The van der Waals surface area contributed by atoms with Crippen LogP contribution < -0.4 is 15.4 Å². The summed E-state index contributed by atoms with van der Waals surface area (Å²) < 4.78 is 5.32. The number of methoxy groups -OCH3 is 1. The molecule has 5 nitrogen and oxygen atoms in total. The molecule has 0 atom stereocenters. The van der Waals surface area contributed by atoms with Gasteiger partial charge in [-0.15, -0.1) is 0 Å². The number of hydrogen-bond acceptors (Lipinski definition) is 3. The van der Waals surface area contributed by atoms with Crippen molar-refractivity contribution in [2.45, 2.75) is 33.7 Å². The number of benzene rings is 2. The van der Waals surface area contributed by atoms with E-state index in [-0.39, 0.29) is 11.8 Å². The fourth-order valence-corrected chi connectivity index (χ4v) is 2.75. The molecule has 0 heterocycles. The number of aryl methyl sites for hydroxylation is 1. The normalized spacial score (nSPS) is 11.0. The number of carbonyl (C=O) groups is 2. The van der Waals surface area contributed by atoms with Gasteiger partial charge in [0.1, 0.15) is 11.2 Å². The topological polar surface area (TPSA) is 67.4 Å². The SMILES string of the molecule is COc1ccccc1CCNC(=O)C(C)(C)C(=O)NCc1ccccc1C. The summed E-state index contributed by atoms with van der Waals surface area (Å²) >= 11 is 0. The van der Waals surface area contributed by atoms with Crippen molar-refractivity contribution < 1.29 is 14.3 Å². The molecule has 0 aliphatic rings. The highest BCUT2D eigenvalue weighted by molar-refractivity contribution is 6.04. The van der Waals surface area contributed by atoms with E-state index >= 15 is 0 Å². The van der Waals surface area contributed by atoms with E-state index in [1.807, 2.05) is 55.5 Å². The molecule has 2 N–H and O–H groups in total. The molecule has 0 spiro atoms. The highest BCUT2D eigenvalue weighted by atomic mass is 16.5. The first kappa shape index (κ1) is 20.5. The van der Waals surface area contributed by atoms with Gasteiger partial charge in [-0.2, -0.15) is 0 Å². The van der Waals surface area contributed by atoms with Gasteiger partial charge >= 0.3 is 0 Å². The Morgan fingerprint density at radius 2 is 1.52 bits per heavy atom. The Bertz CT molecular complexity index is 800. The van der Waals surface area contributed by atoms with Crippen LogP contribution in [0.1, 0.15) is 30.5 Å². The second-order valence-electron chi connectivity index (χ2n) is 7.05. The van der Waals surface area contributed by atoms with Gasteiger partial charge in [-0.1, -0.05) is 42.5 Å². The van der Waals surface area contributed by atoms with Crippen molar-refractivity contribution in [1.82, 2.24) is 10.6 Å². The van der Waals surface area contributed by atoms with Gasteiger partial charge in [-0.25, -0.2) is 0 Å². The molecule has 2 aromatic rings. The average Bonchev–Trinajstić information content (AvgIpc) is 2.67. The molecule has 2 amide bonds. The molecule has 0 saturated heterocycles. The summed E-state index contributed by atoms with van der Waals surface area (Å²) in [6.45, 7) is 6.12. The molecule has 2 aromatic carbocycles. The van der Waals surface area contributed by atoms with E-state index in [4.69, 9.17) is 4.74 Å². The van der Waals surface area contributed by atoms with Crippen molar-refractivity contribution >= 4 is 11.8 Å². The molecular formula is C22H28N2O3. The van der Waals surface area contributed by atoms with Crippen LogP contribution in [0.4, 0.5) is 0 Å². The summed E-state index contributed by atoms with van der Waals surface area (Å²) in [5, 5.41) is 5.73. The molecule has 0 aromatic heterocycles. The largest absolute Gasteiger partial charge is 0.496 e. The summed E-state index contributed by atoms with van der Waals surface area (Å²) in [5.41, 5.74) is 2.01. The van der Waals surface area contributed by atoms with Gasteiger partial charge in [0, 0.05) is 13.1 Å². The molecule has 5 heteroatoms. The van der Waals surface area contributed by atoms with Crippen molar-refractivity contribution in [1.29, 1.82) is 0 Å². The monoisotopic (exact) mass is 368 g/mol. The lowest BCUT2D eigenvalue weighted by Gasteiger charge is -2.23. The minimum atomic E-state index is -1.15. The molecule has 0 bridgehead atoms. The summed E-state index contributed by atoms with van der Waals surface area (Å²) in [6.07, 6.45) is 0.636. The summed E-state index contributed by atoms with van der Waals surface area (Å²) in [7, 11) is 1.62. The molecule has 0 aliphatic carbocycles. The van der Waals surface area contributed by atoms with Gasteiger partial charge in [-0.3, -0.25) is 9.59 Å². The minimum absolute atomic E-state index is 0.291. The van der Waals surface area contributed by atoms with Crippen LogP contribution in [0.3, 0.4) is 0 Å². The highest BCUT2D eigenvalue weighted by Gasteiger charge is 2.35. The van der Waals surface area contributed by atoms with Gasteiger partial charge in [0.15, 0.2) is 0 Å². The van der Waals surface area contributed by atoms with Crippen molar-refractivity contribution in [3.05, 3.63) is 65.2 Å². The number of ether oxygens (including phenoxy) is 1. The Hall–Kier alpha value is -2.82. The first-order valence-corrected chi connectivity index (χ1v) is 9.09. The van der Waals surface area contributed by atoms with Crippen LogP contribution in [0.5, 0.6) is 5.75 Å². The molecule has 144 valence electrons. The number of rotatable bonds is 8. The van der Waals surface area contributed by atoms with E-state index in [9.17, 15) is 9.59 Å². The molecule has 27 heavy (non-hydrogen) atoms. The first-order valence-electron chi connectivity index (χ1n) is 9.09. The maximum Gasteiger partial charge on any atom is 0.235 e. The molecular weight excluding hydrogens is 340 g/mol. The van der Waals surface area contributed by atoms with Gasteiger partial charge in [0.25, 0.3) is 0 Å². The Balaban J connectivity index is 1.88. The molecule has 0 radical (unpaired) electrons. The van der Waals surface area contributed by atoms with E-state index in [1.165, 1.54) is 0 Å². The number of para-hydroxylation sites is 1. The van der Waals surface area contributed by atoms with Crippen molar-refractivity contribution in [3.8, 4) is 5.75 Å². The van der Waals surface area contributed by atoms with Gasteiger partial charge in [0.2, 0.25) is 11.8 Å². The quantitative estimate of drug-likeness (QED) is 0.704. The summed E-state index contributed by atoms with van der Waals surface area (Å²) in [6, 6.07) is 15.5. The second kappa shape index (κ2) is 9.21. The third-order valence-corrected chi connectivity index (χ3v) is 4.71.